The molecule has 1 heterocycles. The van der Waals surface area contributed by atoms with E-state index in [0.29, 0.717) is 34.9 Å². The molecule has 0 aliphatic heterocycles. The summed E-state index contributed by atoms with van der Waals surface area (Å²) in [6.45, 7) is 2.08. The van der Waals surface area contributed by atoms with Gasteiger partial charge in [0.05, 0.1) is 7.11 Å². The number of aromatic nitrogens is 2. The van der Waals surface area contributed by atoms with Crippen molar-refractivity contribution in [1.29, 1.82) is 0 Å². The zero-order valence-electron chi connectivity index (χ0n) is 20.8. The Morgan fingerprint density at radius 2 is 1.78 bits per heavy atom. The van der Waals surface area contributed by atoms with E-state index in [-0.39, 0.29) is 12.4 Å². The highest BCUT2D eigenvalue weighted by molar-refractivity contribution is 5.99. The van der Waals surface area contributed by atoms with E-state index in [2.05, 4.69) is 9.97 Å². The Morgan fingerprint density at radius 1 is 1.00 bits per heavy atom. The van der Waals surface area contributed by atoms with Crippen LogP contribution in [0.2, 0.25) is 0 Å². The molecule has 3 aromatic carbocycles. The Kier molecular flexibility index (Phi) is 6.77. The van der Waals surface area contributed by atoms with Crippen molar-refractivity contribution in [3.63, 3.8) is 0 Å². The van der Waals surface area contributed by atoms with Crippen LogP contribution in [-0.4, -0.2) is 28.8 Å². The molecule has 7 nitrogen and oxygen atoms in total. The van der Waals surface area contributed by atoms with Crippen molar-refractivity contribution in [3.05, 3.63) is 113 Å². The minimum Gasteiger partial charge on any atom is -0.488 e. The number of para-hydroxylation sites is 1. The quantitative estimate of drug-likeness (QED) is 0.318. The number of esters is 1. The summed E-state index contributed by atoms with van der Waals surface area (Å²) in [5.74, 6) is 1.27. The van der Waals surface area contributed by atoms with Crippen LogP contribution in [0.4, 0.5) is 0 Å². The Hall–Kier alpha value is -4.39. The molecule has 0 saturated carbocycles. The second kappa shape index (κ2) is 10.3. The predicted octanol–water partition coefficient (Wildman–Crippen LogP) is 5.64. The number of ketones is 1. The van der Waals surface area contributed by atoms with Gasteiger partial charge in [0.15, 0.2) is 17.2 Å². The molecule has 188 valence electrons. The Bertz CT molecular complexity index is 1420. The van der Waals surface area contributed by atoms with Gasteiger partial charge in [-0.15, -0.1) is 0 Å². The highest BCUT2D eigenvalue weighted by Gasteiger charge is 2.36. The maximum atomic E-state index is 12.7. The minimum absolute atomic E-state index is 0.112. The summed E-state index contributed by atoms with van der Waals surface area (Å²) < 4.78 is 17.9. The number of rotatable bonds is 8. The predicted molar refractivity (Wildman–Crippen MR) is 138 cm³/mol. The molecular formula is C30H28N2O5. The van der Waals surface area contributed by atoms with Gasteiger partial charge in [-0.2, -0.15) is 0 Å². The highest BCUT2D eigenvalue weighted by atomic mass is 16.5. The average Bonchev–Trinajstić information content (AvgIpc) is 3.49. The van der Waals surface area contributed by atoms with Crippen LogP contribution in [0.1, 0.15) is 63.0 Å². The van der Waals surface area contributed by atoms with E-state index < -0.39 is 11.6 Å². The number of methoxy groups -OCH3 is 1. The van der Waals surface area contributed by atoms with E-state index in [1.807, 2.05) is 49.4 Å². The molecule has 37 heavy (non-hydrogen) atoms. The largest absolute Gasteiger partial charge is 0.488 e. The first kappa shape index (κ1) is 24.3. The molecular weight excluding hydrogens is 468 g/mol. The maximum Gasteiger partial charge on any atom is 0.341 e. The summed E-state index contributed by atoms with van der Waals surface area (Å²) >= 11 is 0. The number of carbonyl (C=O) groups is 2. The molecule has 0 bridgehead atoms. The van der Waals surface area contributed by atoms with E-state index in [1.165, 1.54) is 7.11 Å². The lowest BCUT2D eigenvalue weighted by molar-refractivity contribution is 0.0595. The van der Waals surface area contributed by atoms with Crippen molar-refractivity contribution in [2.75, 3.05) is 7.11 Å². The lowest BCUT2D eigenvalue weighted by atomic mass is 9.86. The molecule has 0 unspecified atom stereocenters. The fourth-order valence-corrected chi connectivity index (χ4v) is 4.80. The minimum atomic E-state index is -0.934. The van der Waals surface area contributed by atoms with E-state index in [4.69, 9.17) is 14.2 Å². The van der Waals surface area contributed by atoms with Crippen molar-refractivity contribution in [1.82, 2.24) is 9.97 Å². The molecule has 1 aliphatic carbocycles. The molecule has 0 radical (unpaired) electrons. The first-order valence-electron chi connectivity index (χ1n) is 12.2. The van der Waals surface area contributed by atoms with Gasteiger partial charge in [-0.05, 0) is 49.6 Å². The van der Waals surface area contributed by atoms with E-state index >= 15 is 0 Å². The number of Topliss-reactive ketones (excluding diaryl/α,β-unsaturated/α-hetero) is 1. The molecule has 0 fully saturated rings. The number of nitrogens with one attached hydrogen (secondary N) is 1. The van der Waals surface area contributed by atoms with Crippen molar-refractivity contribution < 1.29 is 23.8 Å². The summed E-state index contributed by atoms with van der Waals surface area (Å²) in [6, 6.07) is 20.5. The zero-order valence-corrected chi connectivity index (χ0v) is 20.8. The number of hydrogen-bond donors (Lipinski definition) is 1. The van der Waals surface area contributed by atoms with Gasteiger partial charge >= 0.3 is 5.97 Å². The fourth-order valence-electron chi connectivity index (χ4n) is 4.80. The molecule has 0 saturated heterocycles. The van der Waals surface area contributed by atoms with Crippen LogP contribution >= 0.6 is 0 Å². The van der Waals surface area contributed by atoms with Gasteiger partial charge in [-0.1, -0.05) is 42.5 Å². The number of imidazole rings is 1. The lowest BCUT2D eigenvalue weighted by Crippen LogP contribution is -2.33. The van der Waals surface area contributed by atoms with Gasteiger partial charge in [0.2, 0.25) is 0 Å². The van der Waals surface area contributed by atoms with Crippen LogP contribution in [0, 0.1) is 0 Å². The lowest BCUT2D eigenvalue weighted by Gasteiger charge is -2.32. The number of H-pyrrole nitrogens is 1. The number of carbonyl (C=O) groups excluding carboxylic acids is 2. The zero-order chi connectivity index (χ0) is 25.8. The number of nitrogens with zero attached hydrogens (tertiary/aromatic N) is 1. The average molecular weight is 497 g/mol. The molecule has 5 rings (SSSR count). The molecule has 0 amide bonds. The summed E-state index contributed by atoms with van der Waals surface area (Å²) in [6.07, 6.45) is 5.47. The second-order valence-corrected chi connectivity index (χ2v) is 9.06. The van der Waals surface area contributed by atoms with Crippen molar-refractivity contribution in [2.24, 2.45) is 0 Å². The number of fused-ring (bicyclic) bond motifs is 1. The van der Waals surface area contributed by atoms with Gasteiger partial charge < -0.3 is 19.2 Å². The van der Waals surface area contributed by atoms with Crippen LogP contribution in [0.3, 0.4) is 0 Å². The smallest absolute Gasteiger partial charge is 0.341 e. The van der Waals surface area contributed by atoms with Crippen molar-refractivity contribution in [2.45, 2.75) is 38.4 Å². The molecule has 1 aliphatic rings. The summed E-state index contributed by atoms with van der Waals surface area (Å²) in [5.41, 5.74) is 2.70. The van der Waals surface area contributed by atoms with Crippen LogP contribution in [0.15, 0.2) is 79.1 Å². The van der Waals surface area contributed by atoms with Crippen molar-refractivity contribution in [3.8, 4) is 11.5 Å². The normalized spacial score (nSPS) is 14.4. The third-order valence-electron chi connectivity index (χ3n) is 6.77. The summed E-state index contributed by atoms with van der Waals surface area (Å²) in [7, 11) is 1.34. The number of hydrogen-bond acceptors (Lipinski definition) is 6. The van der Waals surface area contributed by atoms with Crippen LogP contribution in [0.25, 0.3) is 0 Å². The van der Waals surface area contributed by atoms with E-state index in [0.717, 1.165) is 29.5 Å². The Balaban J connectivity index is 1.58. The first-order chi connectivity index (χ1) is 18.0. The van der Waals surface area contributed by atoms with Gasteiger partial charge in [-0.25, -0.2) is 9.78 Å². The van der Waals surface area contributed by atoms with Crippen LogP contribution in [0.5, 0.6) is 11.5 Å². The SMILES string of the molecule is COC(=O)c1ccccc1OCc1c(O[C@@](C)(c2ccccc2)c2ncc[nH]2)ccc2c1CCCC2=O. The van der Waals surface area contributed by atoms with Crippen LogP contribution < -0.4 is 9.47 Å². The standard InChI is InChI=1S/C30H28N2O5/c1-30(29-31-17-18-32-29,20-9-4-3-5-10-20)37-27-16-15-22-21(12-8-13-25(22)33)24(27)19-36-26-14-7-6-11-23(26)28(34)35-2/h3-7,9-11,14-18H,8,12-13,19H2,1-2H3,(H,31,32)/t30-/m0/s1. The van der Waals surface area contributed by atoms with Crippen LogP contribution in [-0.2, 0) is 23.4 Å². The summed E-state index contributed by atoms with van der Waals surface area (Å²) in [4.78, 5) is 32.7. The topological polar surface area (TPSA) is 90.5 Å². The van der Waals surface area contributed by atoms with Gasteiger partial charge in [0.1, 0.15) is 23.7 Å². The van der Waals surface area contributed by atoms with E-state index in [1.54, 1.807) is 36.7 Å². The summed E-state index contributed by atoms with van der Waals surface area (Å²) in [5, 5.41) is 0. The molecule has 7 heteroatoms. The van der Waals surface area contributed by atoms with Gasteiger partial charge in [0, 0.05) is 35.5 Å². The van der Waals surface area contributed by atoms with Gasteiger partial charge in [0.25, 0.3) is 0 Å². The fraction of sp³-hybridized carbons (Fsp3) is 0.233. The number of aromatic amines is 1. The Labute approximate surface area is 215 Å². The molecule has 1 N–H and O–H groups in total. The molecule has 0 spiro atoms. The first-order valence-corrected chi connectivity index (χ1v) is 12.2. The third-order valence-corrected chi connectivity index (χ3v) is 6.77. The molecule has 1 aromatic heterocycles. The second-order valence-electron chi connectivity index (χ2n) is 9.06. The van der Waals surface area contributed by atoms with E-state index in [9.17, 15) is 9.59 Å². The number of ether oxygens (including phenoxy) is 3. The Morgan fingerprint density at radius 3 is 2.54 bits per heavy atom. The third kappa shape index (κ3) is 4.72. The maximum absolute atomic E-state index is 12.7. The van der Waals surface area contributed by atoms with Crippen molar-refractivity contribution >= 4 is 11.8 Å². The molecule has 1 atom stereocenters. The highest BCUT2D eigenvalue weighted by Crippen LogP contribution is 2.38. The van der Waals surface area contributed by atoms with Gasteiger partial charge in [-0.3, -0.25) is 4.79 Å². The monoisotopic (exact) mass is 496 g/mol. The number of benzene rings is 3. The molecule has 4 aromatic rings.